The minimum absolute atomic E-state index is 0.0311. The molecule has 1 heterocycles. The van der Waals surface area contributed by atoms with Crippen LogP contribution in [0.4, 0.5) is 11.6 Å². The maximum absolute atomic E-state index is 12.7. The van der Waals surface area contributed by atoms with E-state index in [-0.39, 0.29) is 17.7 Å². The van der Waals surface area contributed by atoms with Gasteiger partial charge < -0.3 is 25.6 Å². The number of hydrogen-bond donors (Lipinski definition) is 4. The number of carbonyl (C=O) groups is 2. The number of carbonyl (C=O) groups excluding carboxylic acids is 1. The number of rotatable bonds is 7. The molecule has 0 fully saturated rings. The minimum atomic E-state index is -1.11. The Morgan fingerprint density at radius 3 is 2.47 bits per heavy atom. The summed E-state index contributed by atoms with van der Waals surface area (Å²) in [5.74, 6) is -0.616. The number of hydrogen-bond acceptors (Lipinski definition) is 7. The number of ether oxygens (including phenoxy) is 1. The number of methoxy groups -OCH3 is 1. The molecule has 1 aromatic heterocycles. The van der Waals surface area contributed by atoms with Crippen LogP contribution in [0.25, 0.3) is 22.2 Å². The first kappa shape index (κ1) is 22.7. The van der Waals surface area contributed by atoms with E-state index in [4.69, 9.17) is 4.74 Å². The second-order valence-corrected chi connectivity index (χ2v) is 7.41. The predicted molar refractivity (Wildman–Crippen MR) is 128 cm³/mol. The molecule has 4 rings (SSSR count). The van der Waals surface area contributed by atoms with E-state index in [0.29, 0.717) is 39.5 Å². The molecule has 0 saturated heterocycles. The van der Waals surface area contributed by atoms with Crippen molar-refractivity contribution in [2.24, 2.45) is 0 Å². The van der Waals surface area contributed by atoms with Gasteiger partial charge in [-0.15, -0.1) is 0 Å². The number of carboxylic acids is 1. The zero-order chi connectivity index (χ0) is 24.2. The molecular formula is C25H22N4O5. The molecule has 9 heteroatoms. The van der Waals surface area contributed by atoms with E-state index in [2.05, 4.69) is 20.6 Å². The van der Waals surface area contributed by atoms with Crippen LogP contribution in [-0.2, 0) is 6.61 Å². The Bertz CT molecular complexity index is 1400. The van der Waals surface area contributed by atoms with Crippen molar-refractivity contribution in [2.75, 3.05) is 24.8 Å². The van der Waals surface area contributed by atoms with Gasteiger partial charge in [0.2, 0.25) is 5.95 Å². The van der Waals surface area contributed by atoms with Crippen LogP contribution in [0.2, 0.25) is 0 Å². The quantitative estimate of drug-likeness (QED) is 0.329. The number of aliphatic hydroxyl groups excluding tert-OH is 1. The van der Waals surface area contributed by atoms with E-state index < -0.39 is 11.9 Å². The van der Waals surface area contributed by atoms with E-state index in [9.17, 15) is 19.8 Å². The number of anilines is 2. The summed E-state index contributed by atoms with van der Waals surface area (Å²) in [5, 5.41) is 25.4. The number of amides is 1. The lowest BCUT2D eigenvalue weighted by Gasteiger charge is -2.13. The first-order valence-corrected chi connectivity index (χ1v) is 10.4. The van der Waals surface area contributed by atoms with Crippen LogP contribution in [-0.4, -0.2) is 46.2 Å². The molecule has 0 unspecified atom stereocenters. The lowest BCUT2D eigenvalue weighted by atomic mass is 10.0. The summed E-state index contributed by atoms with van der Waals surface area (Å²) in [5.41, 5.74) is 3.32. The number of aromatic nitrogens is 2. The maximum Gasteiger partial charge on any atom is 0.335 e. The Morgan fingerprint density at radius 1 is 1.00 bits per heavy atom. The normalized spacial score (nSPS) is 10.7. The number of carboxylic acid groups (broad SMARTS) is 1. The van der Waals surface area contributed by atoms with Gasteiger partial charge in [0.25, 0.3) is 5.91 Å². The van der Waals surface area contributed by atoms with Crippen LogP contribution < -0.4 is 15.4 Å². The number of aromatic carboxylic acids is 1. The standard InChI is InChI=1S/C25H22N4O5/c1-26-25-28-20-12-21(34-2)17(13-30)11-19(20)22(29-25)14-5-4-8-18(10-14)27-23(31)15-6-3-7-16(9-15)24(32)33/h3-12,30H,13H2,1-2H3,(H,27,31)(H,32,33)(H,26,28,29). The molecule has 1 amide bonds. The van der Waals surface area contributed by atoms with Gasteiger partial charge in [0.15, 0.2) is 0 Å². The molecule has 0 bridgehead atoms. The van der Waals surface area contributed by atoms with Gasteiger partial charge in [0.1, 0.15) is 5.75 Å². The van der Waals surface area contributed by atoms with Crippen LogP contribution in [0, 0.1) is 0 Å². The van der Waals surface area contributed by atoms with Crippen LogP contribution >= 0.6 is 0 Å². The Morgan fingerprint density at radius 2 is 1.76 bits per heavy atom. The van der Waals surface area contributed by atoms with Crippen molar-refractivity contribution in [3.8, 4) is 17.0 Å². The molecule has 4 aromatic rings. The third-order valence-corrected chi connectivity index (χ3v) is 5.26. The minimum Gasteiger partial charge on any atom is -0.496 e. The van der Waals surface area contributed by atoms with E-state index >= 15 is 0 Å². The second-order valence-electron chi connectivity index (χ2n) is 7.41. The monoisotopic (exact) mass is 458 g/mol. The van der Waals surface area contributed by atoms with Crippen LogP contribution in [0.5, 0.6) is 5.75 Å². The Balaban J connectivity index is 1.75. The van der Waals surface area contributed by atoms with Gasteiger partial charge in [-0.2, -0.15) is 0 Å². The lowest BCUT2D eigenvalue weighted by Crippen LogP contribution is -2.12. The summed E-state index contributed by atoms with van der Waals surface area (Å²) in [6.07, 6.45) is 0. The number of nitrogens with one attached hydrogen (secondary N) is 2. The van der Waals surface area contributed by atoms with E-state index in [1.807, 2.05) is 6.07 Å². The summed E-state index contributed by atoms with van der Waals surface area (Å²) in [6, 6.07) is 16.5. The molecule has 0 atom stereocenters. The van der Waals surface area contributed by atoms with Crippen molar-refractivity contribution in [3.05, 3.63) is 77.4 Å². The summed E-state index contributed by atoms with van der Waals surface area (Å²) < 4.78 is 5.37. The van der Waals surface area contributed by atoms with Crippen molar-refractivity contribution in [2.45, 2.75) is 6.61 Å². The third kappa shape index (κ3) is 4.50. The summed E-state index contributed by atoms with van der Waals surface area (Å²) in [6.45, 7) is -0.210. The fourth-order valence-electron chi connectivity index (χ4n) is 3.59. The van der Waals surface area contributed by atoms with Crippen molar-refractivity contribution >= 4 is 34.4 Å². The number of nitrogens with zero attached hydrogens (tertiary/aromatic N) is 2. The van der Waals surface area contributed by atoms with Crippen LogP contribution in [0.3, 0.4) is 0 Å². The number of fused-ring (bicyclic) bond motifs is 1. The number of benzene rings is 3. The fourth-order valence-corrected chi connectivity index (χ4v) is 3.59. The maximum atomic E-state index is 12.7. The molecule has 4 N–H and O–H groups in total. The third-order valence-electron chi connectivity index (χ3n) is 5.26. The molecule has 34 heavy (non-hydrogen) atoms. The highest BCUT2D eigenvalue weighted by Crippen LogP contribution is 2.33. The Hall–Kier alpha value is -4.50. The summed E-state index contributed by atoms with van der Waals surface area (Å²) >= 11 is 0. The Labute approximate surface area is 195 Å². The lowest BCUT2D eigenvalue weighted by molar-refractivity contribution is 0.0697. The first-order valence-electron chi connectivity index (χ1n) is 10.4. The van der Waals surface area contributed by atoms with Gasteiger partial charge in [-0.3, -0.25) is 4.79 Å². The molecule has 0 aliphatic carbocycles. The predicted octanol–water partition coefficient (Wildman–Crippen LogP) is 3.79. The van der Waals surface area contributed by atoms with Gasteiger partial charge in [-0.05, 0) is 36.4 Å². The van der Waals surface area contributed by atoms with Gasteiger partial charge in [0, 0.05) is 40.9 Å². The van der Waals surface area contributed by atoms with E-state index in [1.165, 1.54) is 25.3 Å². The highest BCUT2D eigenvalue weighted by molar-refractivity contribution is 6.06. The molecule has 0 aliphatic rings. The van der Waals surface area contributed by atoms with Gasteiger partial charge in [-0.25, -0.2) is 14.8 Å². The Kier molecular flexibility index (Phi) is 6.37. The topological polar surface area (TPSA) is 134 Å². The van der Waals surface area contributed by atoms with E-state index in [0.717, 1.165) is 5.56 Å². The molecule has 3 aromatic carbocycles. The van der Waals surface area contributed by atoms with Gasteiger partial charge in [0.05, 0.1) is 30.5 Å². The van der Waals surface area contributed by atoms with Crippen molar-refractivity contribution in [3.63, 3.8) is 0 Å². The van der Waals surface area contributed by atoms with Crippen LogP contribution in [0.15, 0.2) is 60.7 Å². The van der Waals surface area contributed by atoms with Crippen molar-refractivity contribution < 1.29 is 24.5 Å². The zero-order valence-corrected chi connectivity index (χ0v) is 18.5. The SMILES string of the molecule is CNc1nc(-c2cccc(NC(=O)c3cccc(C(=O)O)c3)c2)c2cc(CO)c(OC)cc2n1. The molecule has 0 saturated carbocycles. The smallest absolute Gasteiger partial charge is 0.335 e. The first-order chi connectivity index (χ1) is 16.4. The molecule has 0 spiro atoms. The average molecular weight is 458 g/mol. The van der Waals surface area contributed by atoms with Gasteiger partial charge in [-0.1, -0.05) is 18.2 Å². The fraction of sp³-hybridized carbons (Fsp3) is 0.120. The number of aliphatic hydroxyl groups is 1. The van der Waals surface area contributed by atoms with Crippen LogP contribution in [0.1, 0.15) is 26.3 Å². The largest absolute Gasteiger partial charge is 0.496 e. The average Bonchev–Trinajstić information content (AvgIpc) is 2.87. The highest BCUT2D eigenvalue weighted by atomic mass is 16.5. The van der Waals surface area contributed by atoms with Crippen molar-refractivity contribution in [1.82, 2.24) is 9.97 Å². The highest BCUT2D eigenvalue weighted by Gasteiger charge is 2.15. The molecule has 0 aliphatic heterocycles. The van der Waals surface area contributed by atoms with Crippen molar-refractivity contribution in [1.29, 1.82) is 0 Å². The molecule has 0 radical (unpaired) electrons. The molecular weight excluding hydrogens is 436 g/mol. The zero-order valence-electron chi connectivity index (χ0n) is 18.5. The summed E-state index contributed by atoms with van der Waals surface area (Å²) in [7, 11) is 3.24. The molecule has 172 valence electrons. The molecule has 9 nitrogen and oxygen atoms in total. The summed E-state index contributed by atoms with van der Waals surface area (Å²) in [4.78, 5) is 33.0. The van der Waals surface area contributed by atoms with E-state index in [1.54, 1.807) is 43.4 Å². The second kappa shape index (κ2) is 9.55. The van der Waals surface area contributed by atoms with Gasteiger partial charge >= 0.3 is 5.97 Å².